The monoisotopic (exact) mass is 234 g/mol. The summed E-state index contributed by atoms with van der Waals surface area (Å²) in [7, 11) is 0. The van der Waals surface area contributed by atoms with E-state index < -0.39 is 0 Å². The molecule has 0 amide bonds. The molecule has 0 N–H and O–H groups in total. The molecular weight excluding hydrogens is 220 g/mol. The van der Waals surface area contributed by atoms with Crippen LogP contribution in [-0.2, 0) is 6.42 Å². The zero-order valence-electron chi connectivity index (χ0n) is 9.79. The average Bonchev–Trinajstić information content (AvgIpc) is 2.56. The summed E-state index contributed by atoms with van der Waals surface area (Å²) >= 11 is 6.28. The van der Waals surface area contributed by atoms with Crippen molar-refractivity contribution < 1.29 is 0 Å². The van der Waals surface area contributed by atoms with E-state index in [9.17, 15) is 0 Å². The summed E-state index contributed by atoms with van der Waals surface area (Å²) in [5, 5.41) is 5.23. The minimum Gasteiger partial charge on any atom is -0.222 e. The molecule has 0 bridgehead atoms. The fourth-order valence-corrected chi connectivity index (χ4v) is 2.03. The van der Waals surface area contributed by atoms with Crippen molar-refractivity contribution in [3.63, 3.8) is 0 Å². The molecule has 0 fully saturated rings. The lowest BCUT2D eigenvalue weighted by molar-refractivity contribution is 0.841. The largest absolute Gasteiger partial charge is 0.222 e. The molecule has 2 nitrogen and oxygen atoms in total. The second-order valence-corrected chi connectivity index (χ2v) is 4.32. The second-order valence-electron chi connectivity index (χ2n) is 3.97. The van der Waals surface area contributed by atoms with Crippen molar-refractivity contribution in [3.8, 4) is 5.69 Å². The highest BCUT2D eigenvalue weighted by atomic mass is 35.5. The van der Waals surface area contributed by atoms with E-state index in [1.165, 1.54) is 5.56 Å². The molecular formula is C13H15ClN2. The van der Waals surface area contributed by atoms with Crippen LogP contribution in [0.3, 0.4) is 0 Å². The van der Waals surface area contributed by atoms with Crippen molar-refractivity contribution in [2.24, 2.45) is 0 Å². The molecule has 0 spiro atoms. The summed E-state index contributed by atoms with van der Waals surface area (Å²) in [5.41, 5.74) is 4.37. The highest BCUT2D eigenvalue weighted by Crippen LogP contribution is 2.23. The van der Waals surface area contributed by atoms with Gasteiger partial charge in [0.1, 0.15) is 5.15 Å². The highest BCUT2D eigenvalue weighted by molar-refractivity contribution is 6.30. The second kappa shape index (κ2) is 4.30. The van der Waals surface area contributed by atoms with Crippen LogP contribution in [0.2, 0.25) is 5.15 Å². The van der Waals surface area contributed by atoms with E-state index in [1.54, 1.807) is 0 Å². The average molecular weight is 235 g/mol. The highest BCUT2D eigenvalue weighted by Gasteiger charge is 2.12. The van der Waals surface area contributed by atoms with Gasteiger partial charge in [-0.1, -0.05) is 30.7 Å². The van der Waals surface area contributed by atoms with Crippen LogP contribution in [0.5, 0.6) is 0 Å². The van der Waals surface area contributed by atoms with Crippen molar-refractivity contribution in [2.75, 3.05) is 0 Å². The van der Waals surface area contributed by atoms with Crippen LogP contribution in [0.15, 0.2) is 24.3 Å². The molecule has 16 heavy (non-hydrogen) atoms. The van der Waals surface area contributed by atoms with Gasteiger partial charge in [0.2, 0.25) is 0 Å². The molecule has 2 rings (SSSR count). The predicted molar refractivity (Wildman–Crippen MR) is 67.4 cm³/mol. The van der Waals surface area contributed by atoms with Gasteiger partial charge in [0.15, 0.2) is 0 Å². The zero-order chi connectivity index (χ0) is 11.7. The lowest BCUT2D eigenvalue weighted by Gasteiger charge is -2.03. The number of hydrogen-bond acceptors (Lipinski definition) is 1. The molecule has 0 saturated heterocycles. The number of aromatic nitrogens is 2. The molecule has 0 aliphatic carbocycles. The van der Waals surface area contributed by atoms with Gasteiger partial charge in [-0.15, -0.1) is 0 Å². The summed E-state index contributed by atoms with van der Waals surface area (Å²) < 4.78 is 1.81. The Morgan fingerprint density at radius 1 is 1.31 bits per heavy atom. The van der Waals surface area contributed by atoms with E-state index in [0.29, 0.717) is 5.15 Å². The maximum Gasteiger partial charge on any atom is 0.136 e. The molecule has 0 aliphatic heterocycles. The van der Waals surface area contributed by atoms with E-state index in [1.807, 2.05) is 23.7 Å². The van der Waals surface area contributed by atoms with Crippen LogP contribution in [0.25, 0.3) is 5.69 Å². The molecule has 0 saturated carbocycles. The summed E-state index contributed by atoms with van der Waals surface area (Å²) in [6, 6.07) is 8.18. The summed E-state index contributed by atoms with van der Waals surface area (Å²) in [5.74, 6) is 0. The number of aryl methyl sites for hydroxylation is 2. The van der Waals surface area contributed by atoms with E-state index >= 15 is 0 Å². The van der Waals surface area contributed by atoms with Gasteiger partial charge in [-0.25, -0.2) is 4.68 Å². The van der Waals surface area contributed by atoms with Crippen LogP contribution in [-0.4, -0.2) is 9.78 Å². The minimum absolute atomic E-state index is 0.711. The summed E-state index contributed by atoms with van der Waals surface area (Å²) in [4.78, 5) is 0. The van der Waals surface area contributed by atoms with Crippen LogP contribution < -0.4 is 0 Å². The first kappa shape index (κ1) is 11.2. The van der Waals surface area contributed by atoms with Gasteiger partial charge in [0.25, 0.3) is 0 Å². The van der Waals surface area contributed by atoms with Crippen molar-refractivity contribution in [2.45, 2.75) is 27.2 Å². The van der Waals surface area contributed by atoms with E-state index in [4.69, 9.17) is 11.6 Å². The van der Waals surface area contributed by atoms with Gasteiger partial charge >= 0.3 is 0 Å². The topological polar surface area (TPSA) is 17.8 Å². The lowest BCUT2D eigenvalue weighted by Crippen LogP contribution is -1.97. The third kappa shape index (κ3) is 1.85. The fraction of sp³-hybridized carbons (Fsp3) is 0.308. The SMILES string of the molecule is CCc1nn(-c2cccc(C)c2)c(Cl)c1C. The maximum atomic E-state index is 6.28. The van der Waals surface area contributed by atoms with E-state index in [2.05, 4.69) is 31.1 Å². The van der Waals surface area contributed by atoms with Gasteiger partial charge in [0, 0.05) is 5.56 Å². The van der Waals surface area contributed by atoms with E-state index in [0.717, 1.165) is 23.4 Å². The third-order valence-corrected chi connectivity index (χ3v) is 3.17. The Labute approximate surface area is 101 Å². The first-order valence-electron chi connectivity index (χ1n) is 5.44. The molecule has 1 heterocycles. The van der Waals surface area contributed by atoms with Gasteiger partial charge in [0.05, 0.1) is 11.4 Å². The molecule has 0 unspecified atom stereocenters. The fourth-order valence-electron chi connectivity index (χ4n) is 1.78. The minimum atomic E-state index is 0.711. The Hall–Kier alpha value is -1.28. The molecule has 3 heteroatoms. The van der Waals surface area contributed by atoms with Gasteiger partial charge in [-0.3, -0.25) is 0 Å². The molecule has 0 aliphatic rings. The van der Waals surface area contributed by atoms with Crippen LogP contribution >= 0.6 is 11.6 Å². The Balaban J connectivity index is 2.56. The third-order valence-electron chi connectivity index (χ3n) is 2.73. The summed E-state index contributed by atoms with van der Waals surface area (Å²) in [6.45, 7) is 6.17. The summed E-state index contributed by atoms with van der Waals surface area (Å²) in [6.07, 6.45) is 0.907. The molecule has 2 aromatic rings. The quantitative estimate of drug-likeness (QED) is 0.775. The first-order valence-corrected chi connectivity index (χ1v) is 5.82. The molecule has 1 aromatic heterocycles. The lowest BCUT2D eigenvalue weighted by atomic mass is 10.2. The number of halogens is 1. The first-order chi connectivity index (χ1) is 7.63. The molecule has 1 aromatic carbocycles. The Morgan fingerprint density at radius 3 is 2.62 bits per heavy atom. The molecule has 84 valence electrons. The van der Waals surface area contributed by atoms with Crippen LogP contribution in [0.4, 0.5) is 0 Å². The zero-order valence-corrected chi connectivity index (χ0v) is 10.5. The van der Waals surface area contributed by atoms with Crippen LogP contribution in [0.1, 0.15) is 23.7 Å². The van der Waals surface area contributed by atoms with Gasteiger partial charge in [-0.2, -0.15) is 5.10 Å². The number of benzene rings is 1. The Kier molecular flexibility index (Phi) is 3.01. The van der Waals surface area contributed by atoms with Gasteiger partial charge in [-0.05, 0) is 38.0 Å². The molecule has 0 atom stereocenters. The Bertz CT molecular complexity index is 515. The maximum absolute atomic E-state index is 6.28. The number of rotatable bonds is 2. The van der Waals surface area contributed by atoms with Crippen molar-refractivity contribution in [1.29, 1.82) is 0 Å². The standard InChI is InChI=1S/C13H15ClN2/c1-4-12-10(3)13(14)16(15-12)11-7-5-6-9(2)8-11/h5-8H,4H2,1-3H3. The molecule has 0 radical (unpaired) electrons. The Morgan fingerprint density at radius 2 is 2.06 bits per heavy atom. The normalized spacial score (nSPS) is 10.8. The van der Waals surface area contributed by atoms with Crippen molar-refractivity contribution >= 4 is 11.6 Å². The van der Waals surface area contributed by atoms with Crippen LogP contribution in [0, 0.1) is 13.8 Å². The smallest absolute Gasteiger partial charge is 0.136 e. The van der Waals surface area contributed by atoms with Crippen molar-refractivity contribution in [3.05, 3.63) is 46.2 Å². The predicted octanol–water partition coefficient (Wildman–Crippen LogP) is 3.70. The van der Waals surface area contributed by atoms with Crippen molar-refractivity contribution in [1.82, 2.24) is 9.78 Å². The number of hydrogen-bond donors (Lipinski definition) is 0. The number of nitrogens with zero attached hydrogens (tertiary/aromatic N) is 2. The van der Waals surface area contributed by atoms with Gasteiger partial charge < -0.3 is 0 Å². The van der Waals surface area contributed by atoms with E-state index in [-0.39, 0.29) is 0 Å².